The molecule has 2 amide bonds. The maximum absolute atomic E-state index is 13.7. The first-order chi connectivity index (χ1) is 15.8. The van der Waals surface area contributed by atoms with E-state index >= 15 is 0 Å². The first-order valence-corrected chi connectivity index (χ1v) is 12.8. The second-order valence-corrected chi connectivity index (χ2v) is 11.2. The summed E-state index contributed by atoms with van der Waals surface area (Å²) in [4.78, 5) is 34.0. The van der Waals surface area contributed by atoms with Crippen LogP contribution in [0.1, 0.15) is 43.4 Å². The van der Waals surface area contributed by atoms with Crippen LogP contribution in [-0.2, 0) is 0 Å². The number of aryl methyl sites for hydroxylation is 3. The highest BCUT2D eigenvalue weighted by molar-refractivity contribution is 9.10. The molecule has 0 radical (unpaired) electrons. The minimum Gasteiger partial charge on any atom is -0.350 e. The molecule has 5 rings (SSSR count). The Balaban J connectivity index is 1.36. The fourth-order valence-electron chi connectivity index (χ4n) is 4.86. The van der Waals surface area contributed by atoms with Gasteiger partial charge in [0.2, 0.25) is 0 Å². The van der Waals surface area contributed by atoms with Crippen molar-refractivity contribution >= 4 is 39.1 Å². The maximum Gasteiger partial charge on any atom is 0.274 e. The zero-order valence-corrected chi connectivity index (χ0v) is 21.3. The molecule has 1 unspecified atom stereocenters. The van der Waals surface area contributed by atoms with Crippen molar-refractivity contribution in [2.45, 2.75) is 33.2 Å². The number of halogens is 1. The molecular weight excluding hydrogens is 498 g/mol. The molecule has 2 fully saturated rings. The van der Waals surface area contributed by atoms with Gasteiger partial charge in [0.25, 0.3) is 11.8 Å². The number of nitrogens with one attached hydrogen (secondary N) is 1. The SMILES string of the molecule is Cc1cccc(-c2sc(C)nc2C(=O)N2C[C@H]3CC3[C@H]2CNC(=O)c2cc(C)ccc2Br)c1. The van der Waals surface area contributed by atoms with Gasteiger partial charge in [-0.3, -0.25) is 9.59 Å². The quantitative estimate of drug-likeness (QED) is 0.487. The molecule has 1 aromatic heterocycles. The summed E-state index contributed by atoms with van der Waals surface area (Å²) in [6.07, 6.45) is 1.12. The molecule has 0 bridgehead atoms. The van der Waals surface area contributed by atoms with Crippen molar-refractivity contribution in [3.8, 4) is 10.4 Å². The fraction of sp³-hybridized carbons (Fsp3) is 0.346. The second kappa shape index (κ2) is 8.69. The van der Waals surface area contributed by atoms with Gasteiger partial charge in [0.05, 0.1) is 21.5 Å². The van der Waals surface area contributed by atoms with E-state index in [0.29, 0.717) is 29.6 Å². The Morgan fingerprint density at radius 1 is 1.15 bits per heavy atom. The number of carbonyl (C=O) groups is 2. The van der Waals surface area contributed by atoms with Crippen LogP contribution in [0, 0.1) is 32.6 Å². The third-order valence-corrected chi connectivity index (χ3v) is 8.33. The zero-order chi connectivity index (χ0) is 23.3. The number of thiazole rings is 1. The van der Waals surface area contributed by atoms with Crippen molar-refractivity contribution in [1.29, 1.82) is 0 Å². The highest BCUT2D eigenvalue weighted by Gasteiger charge is 2.54. The lowest BCUT2D eigenvalue weighted by atomic mass is 10.1. The van der Waals surface area contributed by atoms with Crippen molar-refractivity contribution < 1.29 is 9.59 Å². The van der Waals surface area contributed by atoms with Crippen LogP contribution >= 0.6 is 27.3 Å². The fourth-order valence-corrected chi connectivity index (χ4v) is 6.20. The molecule has 3 aromatic rings. The highest BCUT2D eigenvalue weighted by atomic mass is 79.9. The first-order valence-electron chi connectivity index (χ1n) is 11.2. The molecule has 0 spiro atoms. The van der Waals surface area contributed by atoms with E-state index in [1.165, 1.54) is 0 Å². The number of amides is 2. The number of fused-ring (bicyclic) bond motifs is 1. The standard InChI is InChI=1S/C26H26BrN3O2S/c1-14-5-4-6-17(9-14)24-23(29-16(3)33-24)26(32)30-13-18-11-19(18)22(30)12-28-25(31)20-10-15(2)7-8-21(20)27/h4-10,18-19,22H,11-13H2,1-3H3,(H,28,31)/t18-,19?,22-/m1/s1. The Labute approximate surface area is 206 Å². The zero-order valence-electron chi connectivity index (χ0n) is 18.9. The first kappa shape index (κ1) is 22.3. The molecule has 1 saturated heterocycles. The van der Waals surface area contributed by atoms with Crippen LogP contribution in [0.15, 0.2) is 46.9 Å². The molecule has 2 heterocycles. The van der Waals surface area contributed by atoms with Gasteiger partial charge >= 0.3 is 0 Å². The highest BCUT2D eigenvalue weighted by Crippen LogP contribution is 2.50. The van der Waals surface area contributed by atoms with Gasteiger partial charge in [0.1, 0.15) is 5.69 Å². The Bertz CT molecular complexity index is 1250. The molecule has 2 aliphatic rings. The van der Waals surface area contributed by atoms with Crippen LogP contribution in [0.4, 0.5) is 0 Å². The van der Waals surface area contributed by atoms with E-state index in [0.717, 1.165) is 44.0 Å². The summed E-state index contributed by atoms with van der Waals surface area (Å²) in [5.41, 5.74) is 4.37. The van der Waals surface area contributed by atoms with Gasteiger partial charge in [-0.15, -0.1) is 11.3 Å². The third-order valence-electron chi connectivity index (χ3n) is 6.62. The van der Waals surface area contributed by atoms with E-state index < -0.39 is 0 Å². The number of likely N-dealkylation sites (tertiary alicyclic amines) is 1. The lowest BCUT2D eigenvalue weighted by Gasteiger charge is -2.27. The average molecular weight is 524 g/mol. The third kappa shape index (κ3) is 4.36. The summed E-state index contributed by atoms with van der Waals surface area (Å²) in [6.45, 7) is 7.16. The maximum atomic E-state index is 13.7. The van der Waals surface area contributed by atoms with E-state index in [2.05, 4.69) is 45.3 Å². The molecule has 7 heteroatoms. The van der Waals surface area contributed by atoms with Gasteiger partial charge in [-0.25, -0.2) is 4.98 Å². The largest absolute Gasteiger partial charge is 0.350 e. The summed E-state index contributed by atoms with van der Waals surface area (Å²) in [5.74, 6) is 0.840. The van der Waals surface area contributed by atoms with Crippen LogP contribution in [0.5, 0.6) is 0 Å². The number of aromatic nitrogens is 1. The lowest BCUT2D eigenvalue weighted by Crippen LogP contribution is -2.45. The van der Waals surface area contributed by atoms with E-state index in [1.54, 1.807) is 11.3 Å². The van der Waals surface area contributed by atoms with Gasteiger partial charge in [-0.2, -0.15) is 0 Å². The molecule has 1 N–H and O–H groups in total. The molecule has 5 nitrogen and oxygen atoms in total. The number of hydrogen-bond acceptors (Lipinski definition) is 4. The molecule has 1 aliphatic heterocycles. The van der Waals surface area contributed by atoms with Gasteiger partial charge in [-0.05, 0) is 72.7 Å². The second-order valence-electron chi connectivity index (χ2n) is 9.16. The van der Waals surface area contributed by atoms with Gasteiger partial charge < -0.3 is 10.2 Å². The van der Waals surface area contributed by atoms with Crippen LogP contribution in [0.25, 0.3) is 10.4 Å². The van der Waals surface area contributed by atoms with E-state index in [-0.39, 0.29) is 17.9 Å². The van der Waals surface area contributed by atoms with E-state index in [4.69, 9.17) is 0 Å². The topological polar surface area (TPSA) is 62.3 Å². The Kier molecular flexibility index (Phi) is 5.87. The minimum atomic E-state index is -0.118. The molecule has 33 heavy (non-hydrogen) atoms. The summed E-state index contributed by atoms with van der Waals surface area (Å²) < 4.78 is 0.773. The van der Waals surface area contributed by atoms with Crippen molar-refractivity contribution in [2.24, 2.45) is 11.8 Å². The Morgan fingerprint density at radius 2 is 1.94 bits per heavy atom. The minimum absolute atomic E-state index is 0.00222. The summed E-state index contributed by atoms with van der Waals surface area (Å²) in [5, 5.41) is 3.96. The van der Waals surface area contributed by atoms with Crippen LogP contribution < -0.4 is 5.32 Å². The lowest BCUT2D eigenvalue weighted by molar-refractivity contribution is 0.0690. The van der Waals surface area contributed by atoms with Crippen molar-refractivity contribution in [2.75, 3.05) is 13.1 Å². The molecular formula is C26H26BrN3O2S. The van der Waals surface area contributed by atoms with Crippen molar-refractivity contribution in [3.63, 3.8) is 0 Å². The summed E-state index contributed by atoms with van der Waals surface area (Å²) in [7, 11) is 0. The normalized spacial score (nSPS) is 21.1. The van der Waals surface area contributed by atoms with E-state index in [1.807, 2.05) is 49.1 Å². The predicted octanol–water partition coefficient (Wildman–Crippen LogP) is 5.39. The van der Waals surface area contributed by atoms with Gasteiger partial charge in [0, 0.05) is 17.6 Å². The molecule has 2 aromatic carbocycles. The van der Waals surface area contributed by atoms with Crippen molar-refractivity contribution in [1.82, 2.24) is 15.2 Å². The number of nitrogens with zero attached hydrogens (tertiary/aromatic N) is 2. The number of piperidine rings is 1. The summed E-state index contributed by atoms with van der Waals surface area (Å²) in [6, 6.07) is 13.9. The van der Waals surface area contributed by atoms with E-state index in [9.17, 15) is 9.59 Å². The van der Waals surface area contributed by atoms with Gasteiger partial charge in [-0.1, -0.05) is 41.5 Å². The van der Waals surface area contributed by atoms with Crippen molar-refractivity contribution in [3.05, 3.63) is 74.3 Å². The molecule has 170 valence electrons. The van der Waals surface area contributed by atoms with Crippen LogP contribution in [0.3, 0.4) is 0 Å². The number of benzene rings is 2. The monoisotopic (exact) mass is 523 g/mol. The van der Waals surface area contributed by atoms with Crippen LogP contribution in [-0.4, -0.2) is 40.8 Å². The molecule has 1 saturated carbocycles. The predicted molar refractivity (Wildman–Crippen MR) is 135 cm³/mol. The number of hydrogen-bond donors (Lipinski definition) is 1. The average Bonchev–Trinajstić information content (AvgIpc) is 3.30. The Hall–Kier alpha value is -2.51. The number of carbonyl (C=O) groups excluding carboxylic acids is 2. The summed E-state index contributed by atoms with van der Waals surface area (Å²) >= 11 is 5.04. The Morgan fingerprint density at radius 3 is 2.73 bits per heavy atom. The van der Waals surface area contributed by atoms with Crippen LogP contribution in [0.2, 0.25) is 0 Å². The molecule has 3 atom stereocenters. The smallest absolute Gasteiger partial charge is 0.274 e. The molecule has 1 aliphatic carbocycles. The number of rotatable bonds is 5. The van der Waals surface area contributed by atoms with Gasteiger partial charge in [0.15, 0.2) is 0 Å².